The Bertz CT molecular complexity index is 459. The monoisotopic (exact) mass is 252 g/mol. The molecule has 98 valence electrons. The number of rotatable bonds is 5. The number of ether oxygens (including phenoxy) is 1. The number of anilines is 1. The molecular weight excluding hydrogens is 236 g/mol. The van der Waals surface area contributed by atoms with Crippen LogP contribution in [0.5, 0.6) is 0 Å². The second-order valence-corrected chi connectivity index (χ2v) is 3.87. The smallest absolute Gasteiger partial charge is 0.337 e. The van der Waals surface area contributed by atoms with Crippen LogP contribution in [0.25, 0.3) is 0 Å². The van der Waals surface area contributed by atoms with E-state index in [1.165, 1.54) is 25.3 Å². The molecular formula is C12H16N2O4. The predicted octanol–water partition coefficient (Wildman–Crippen LogP) is 2.23. The van der Waals surface area contributed by atoms with Gasteiger partial charge in [0.25, 0.3) is 5.69 Å². The Balaban J connectivity index is 3.23. The number of benzene rings is 1. The molecule has 0 unspecified atom stereocenters. The molecule has 0 aliphatic rings. The molecule has 0 aromatic heterocycles. The van der Waals surface area contributed by atoms with Crippen molar-refractivity contribution in [3.05, 3.63) is 33.9 Å². The van der Waals surface area contributed by atoms with Crippen molar-refractivity contribution in [3.8, 4) is 0 Å². The molecule has 1 rings (SSSR count). The lowest BCUT2D eigenvalue weighted by Crippen LogP contribution is -2.19. The number of carbonyl (C=O) groups is 1. The van der Waals surface area contributed by atoms with Crippen LogP contribution in [0.1, 0.15) is 23.7 Å². The topological polar surface area (TPSA) is 72.7 Å². The predicted molar refractivity (Wildman–Crippen MR) is 68.0 cm³/mol. The summed E-state index contributed by atoms with van der Waals surface area (Å²) in [5.41, 5.74) is 0.712. The van der Waals surface area contributed by atoms with Crippen molar-refractivity contribution in [2.24, 2.45) is 0 Å². The summed E-state index contributed by atoms with van der Waals surface area (Å²) in [6.07, 6.45) is 0.857. The highest BCUT2D eigenvalue weighted by Crippen LogP contribution is 2.28. The van der Waals surface area contributed by atoms with Crippen LogP contribution in [0.3, 0.4) is 0 Å². The highest BCUT2D eigenvalue weighted by atomic mass is 16.6. The number of nitro groups is 1. The van der Waals surface area contributed by atoms with Gasteiger partial charge in [0.1, 0.15) is 5.69 Å². The summed E-state index contributed by atoms with van der Waals surface area (Å²) in [5, 5.41) is 10.9. The van der Waals surface area contributed by atoms with Crippen LogP contribution in [0.15, 0.2) is 18.2 Å². The molecule has 0 radical (unpaired) electrons. The summed E-state index contributed by atoms with van der Waals surface area (Å²) in [6, 6.07) is 4.21. The number of hydrogen-bond donors (Lipinski definition) is 0. The summed E-state index contributed by atoms with van der Waals surface area (Å²) in [5.74, 6) is -0.504. The van der Waals surface area contributed by atoms with Gasteiger partial charge in [-0.05, 0) is 18.6 Å². The fraction of sp³-hybridized carbons (Fsp3) is 0.417. The minimum atomic E-state index is -0.504. The van der Waals surface area contributed by atoms with E-state index in [0.29, 0.717) is 17.8 Å². The van der Waals surface area contributed by atoms with E-state index in [1.807, 2.05) is 6.92 Å². The number of esters is 1. The number of nitrogens with zero attached hydrogens (tertiary/aromatic N) is 2. The van der Waals surface area contributed by atoms with Crippen molar-refractivity contribution in [2.75, 3.05) is 25.6 Å². The second-order valence-electron chi connectivity index (χ2n) is 3.87. The molecule has 18 heavy (non-hydrogen) atoms. The SMILES string of the molecule is CCCN(C)c1cc(C(=O)OC)ccc1[N+](=O)[O-]. The van der Waals surface area contributed by atoms with Gasteiger partial charge in [-0.2, -0.15) is 0 Å². The Labute approximate surface area is 105 Å². The lowest BCUT2D eigenvalue weighted by molar-refractivity contribution is -0.384. The maximum Gasteiger partial charge on any atom is 0.337 e. The molecule has 0 fully saturated rings. The average Bonchev–Trinajstić information content (AvgIpc) is 2.37. The van der Waals surface area contributed by atoms with Gasteiger partial charge in [-0.3, -0.25) is 10.1 Å². The molecule has 0 aliphatic carbocycles. The first kappa shape index (κ1) is 14.0. The summed E-state index contributed by atoms with van der Waals surface area (Å²) in [4.78, 5) is 23.7. The molecule has 6 heteroatoms. The van der Waals surface area contributed by atoms with Crippen molar-refractivity contribution in [1.82, 2.24) is 0 Å². The van der Waals surface area contributed by atoms with E-state index in [2.05, 4.69) is 4.74 Å². The van der Waals surface area contributed by atoms with Crippen molar-refractivity contribution in [2.45, 2.75) is 13.3 Å². The first-order valence-electron chi connectivity index (χ1n) is 5.59. The molecule has 0 aliphatic heterocycles. The Morgan fingerprint density at radius 3 is 2.67 bits per heavy atom. The van der Waals surface area contributed by atoms with Crippen molar-refractivity contribution in [3.63, 3.8) is 0 Å². The van der Waals surface area contributed by atoms with E-state index in [-0.39, 0.29) is 5.69 Å². The minimum absolute atomic E-state index is 0.0152. The third-order valence-electron chi connectivity index (χ3n) is 2.56. The third-order valence-corrected chi connectivity index (χ3v) is 2.56. The van der Waals surface area contributed by atoms with Crippen LogP contribution in [0, 0.1) is 10.1 Å². The number of nitro benzene ring substituents is 1. The van der Waals surface area contributed by atoms with Crippen molar-refractivity contribution in [1.29, 1.82) is 0 Å². The zero-order valence-electron chi connectivity index (χ0n) is 10.7. The Morgan fingerprint density at radius 1 is 1.50 bits per heavy atom. The van der Waals surface area contributed by atoms with Crippen LogP contribution >= 0.6 is 0 Å². The van der Waals surface area contributed by atoms with Gasteiger partial charge >= 0.3 is 5.97 Å². The molecule has 0 heterocycles. The molecule has 0 spiro atoms. The van der Waals surface area contributed by atoms with Gasteiger partial charge in [-0.25, -0.2) is 4.79 Å². The number of hydrogen-bond acceptors (Lipinski definition) is 5. The molecule has 0 saturated heterocycles. The molecule has 6 nitrogen and oxygen atoms in total. The van der Waals surface area contributed by atoms with E-state index in [4.69, 9.17) is 0 Å². The Hall–Kier alpha value is -2.11. The highest BCUT2D eigenvalue weighted by molar-refractivity contribution is 5.91. The third kappa shape index (κ3) is 2.97. The summed E-state index contributed by atoms with van der Waals surface area (Å²) < 4.78 is 4.60. The first-order valence-corrected chi connectivity index (χ1v) is 5.59. The summed E-state index contributed by atoms with van der Waals surface area (Å²) in [6.45, 7) is 2.65. The Morgan fingerprint density at radius 2 is 2.17 bits per heavy atom. The zero-order chi connectivity index (χ0) is 13.7. The summed E-state index contributed by atoms with van der Waals surface area (Å²) in [7, 11) is 3.03. The Kier molecular flexibility index (Phi) is 4.65. The van der Waals surface area contributed by atoms with Crippen LogP contribution in [0.2, 0.25) is 0 Å². The molecule has 0 bridgehead atoms. The van der Waals surface area contributed by atoms with Crippen LogP contribution in [-0.2, 0) is 4.74 Å². The van der Waals surface area contributed by atoms with E-state index < -0.39 is 10.9 Å². The van der Waals surface area contributed by atoms with Crippen LogP contribution < -0.4 is 4.90 Å². The fourth-order valence-electron chi connectivity index (χ4n) is 1.68. The van der Waals surface area contributed by atoms with Gasteiger partial charge in [0.15, 0.2) is 0 Å². The number of carbonyl (C=O) groups excluding carboxylic acids is 1. The minimum Gasteiger partial charge on any atom is -0.465 e. The molecule has 1 aromatic carbocycles. The normalized spacial score (nSPS) is 9.94. The maximum absolute atomic E-state index is 11.4. The van der Waals surface area contributed by atoms with Gasteiger partial charge in [0.2, 0.25) is 0 Å². The van der Waals surface area contributed by atoms with Crippen LogP contribution in [-0.4, -0.2) is 31.6 Å². The average molecular weight is 252 g/mol. The van der Waals surface area contributed by atoms with E-state index >= 15 is 0 Å². The van der Waals surface area contributed by atoms with Gasteiger partial charge in [-0.1, -0.05) is 6.92 Å². The van der Waals surface area contributed by atoms with E-state index in [1.54, 1.807) is 11.9 Å². The van der Waals surface area contributed by atoms with Crippen LogP contribution in [0.4, 0.5) is 11.4 Å². The lowest BCUT2D eigenvalue weighted by Gasteiger charge is -2.18. The highest BCUT2D eigenvalue weighted by Gasteiger charge is 2.19. The first-order chi connectivity index (χ1) is 8.51. The molecule has 0 atom stereocenters. The second kappa shape index (κ2) is 6.00. The molecule has 0 amide bonds. The standard InChI is InChI=1S/C12H16N2O4/c1-4-7-13(2)11-8-9(12(15)18-3)5-6-10(11)14(16)17/h5-6,8H,4,7H2,1-3H3. The molecule has 1 aromatic rings. The van der Waals surface area contributed by atoms with Gasteiger partial charge in [0.05, 0.1) is 17.6 Å². The quantitative estimate of drug-likeness (QED) is 0.456. The maximum atomic E-state index is 11.4. The zero-order valence-corrected chi connectivity index (χ0v) is 10.7. The van der Waals surface area contributed by atoms with E-state index in [9.17, 15) is 14.9 Å². The van der Waals surface area contributed by atoms with Crippen molar-refractivity contribution < 1.29 is 14.5 Å². The van der Waals surface area contributed by atoms with Crippen molar-refractivity contribution >= 4 is 17.3 Å². The largest absolute Gasteiger partial charge is 0.465 e. The molecule has 0 N–H and O–H groups in total. The van der Waals surface area contributed by atoms with Gasteiger partial charge in [0, 0.05) is 19.7 Å². The molecule has 0 saturated carbocycles. The van der Waals surface area contributed by atoms with Gasteiger partial charge < -0.3 is 9.64 Å². The number of methoxy groups -OCH3 is 1. The van der Waals surface area contributed by atoms with Gasteiger partial charge in [-0.15, -0.1) is 0 Å². The van der Waals surface area contributed by atoms with E-state index in [0.717, 1.165) is 6.42 Å². The lowest BCUT2D eigenvalue weighted by atomic mass is 10.1. The summed E-state index contributed by atoms with van der Waals surface area (Å²) >= 11 is 0. The fourth-order valence-corrected chi connectivity index (χ4v) is 1.68.